The van der Waals surface area contributed by atoms with E-state index in [2.05, 4.69) is 0 Å². The van der Waals surface area contributed by atoms with E-state index in [1.165, 1.54) is 6.92 Å². The Hall–Kier alpha value is -0.940. The molecular weight excluding hydrogens is 208 g/mol. The molecule has 0 heterocycles. The van der Waals surface area contributed by atoms with Crippen molar-refractivity contribution >= 4 is 0 Å². The van der Waals surface area contributed by atoms with Crippen LogP contribution in [0, 0.1) is 0 Å². The lowest BCUT2D eigenvalue weighted by molar-refractivity contribution is -0.0939. The molecule has 0 aliphatic heterocycles. The van der Waals surface area contributed by atoms with Gasteiger partial charge in [0.1, 0.15) is 0 Å². The Labute approximate surface area is 96.1 Å². The molecule has 0 spiro atoms. The topological polar surface area (TPSA) is 69.9 Å². The zero-order valence-electron chi connectivity index (χ0n) is 9.71. The van der Waals surface area contributed by atoms with Crippen LogP contribution < -0.4 is 0 Å². The van der Waals surface area contributed by atoms with E-state index in [1.807, 2.05) is 30.3 Å². The Kier molecular flexibility index (Phi) is 8.75. The van der Waals surface area contributed by atoms with E-state index in [1.54, 1.807) is 6.92 Å². The molecule has 1 aromatic rings. The summed E-state index contributed by atoms with van der Waals surface area (Å²) in [6.45, 7) is 3.46. The summed E-state index contributed by atoms with van der Waals surface area (Å²) >= 11 is 0. The van der Waals surface area contributed by atoms with E-state index in [9.17, 15) is 0 Å². The van der Waals surface area contributed by atoms with Crippen LogP contribution >= 0.6 is 0 Å². The molecule has 92 valence electrons. The molecule has 2 unspecified atom stereocenters. The molecule has 0 radical (unpaired) electrons. The van der Waals surface area contributed by atoms with Crippen LogP contribution in [-0.4, -0.2) is 34.3 Å². The largest absolute Gasteiger partial charge is 0.394 e. The van der Waals surface area contributed by atoms with E-state index < -0.39 is 12.4 Å². The van der Waals surface area contributed by atoms with Crippen LogP contribution in [0.25, 0.3) is 0 Å². The number of aliphatic hydroxyl groups excluding tert-OH is 3. The van der Waals surface area contributed by atoms with Crippen molar-refractivity contribution in [1.82, 2.24) is 0 Å². The Morgan fingerprint density at radius 2 is 1.62 bits per heavy atom. The number of aliphatic hydroxyl groups is 3. The number of hydrogen-bond acceptors (Lipinski definition) is 4. The molecule has 1 aromatic carbocycles. The third kappa shape index (κ3) is 9.61. The molecule has 0 bridgehead atoms. The Balaban J connectivity index is 0.000000385. The zero-order chi connectivity index (χ0) is 12.4. The molecule has 0 aliphatic carbocycles. The summed E-state index contributed by atoms with van der Waals surface area (Å²) in [5, 5.41) is 24.8. The van der Waals surface area contributed by atoms with Gasteiger partial charge < -0.3 is 20.1 Å². The Bertz CT molecular complexity index is 246. The Morgan fingerprint density at radius 3 is 2.00 bits per heavy atom. The van der Waals surface area contributed by atoms with Gasteiger partial charge in [-0.25, -0.2) is 0 Å². The quantitative estimate of drug-likeness (QED) is 0.670. The van der Waals surface area contributed by atoms with E-state index >= 15 is 0 Å². The van der Waals surface area contributed by atoms with Gasteiger partial charge in [0.05, 0.1) is 19.3 Å². The highest BCUT2D eigenvalue weighted by Crippen LogP contribution is 2.01. The third-order valence-corrected chi connectivity index (χ3v) is 1.60. The standard InChI is InChI=1S/C9H12O2.C3H8O2/c1-8(10)11-7-9-5-3-2-4-6-9;1-3(5)2-4/h2-6,8,10H,7H2,1H3;3-5H,2H2,1H3. The fourth-order valence-electron chi connectivity index (χ4n) is 0.791. The van der Waals surface area contributed by atoms with Gasteiger partial charge >= 0.3 is 0 Å². The first kappa shape index (κ1) is 15.1. The molecule has 4 nitrogen and oxygen atoms in total. The van der Waals surface area contributed by atoms with Crippen molar-refractivity contribution in [2.24, 2.45) is 0 Å². The van der Waals surface area contributed by atoms with E-state index in [-0.39, 0.29) is 6.61 Å². The number of ether oxygens (including phenoxy) is 1. The predicted octanol–water partition coefficient (Wildman–Crippen LogP) is 0.901. The lowest BCUT2D eigenvalue weighted by Crippen LogP contribution is -2.05. The van der Waals surface area contributed by atoms with Crippen molar-refractivity contribution in [2.45, 2.75) is 32.8 Å². The fourth-order valence-corrected chi connectivity index (χ4v) is 0.791. The summed E-state index contributed by atoms with van der Waals surface area (Å²) < 4.78 is 4.98. The Morgan fingerprint density at radius 1 is 1.12 bits per heavy atom. The molecule has 3 N–H and O–H groups in total. The molecular formula is C12H20O4. The second kappa shape index (κ2) is 9.30. The van der Waals surface area contributed by atoms with Crippen molar-refractivity contribution in [3.63, 3.8) is 0 Å². The number of benzene rings is 1. The van der Waals surface area contributed by atoms with Gasteiger partial charge in [0.25, 0.3) is 0 Å². The van der Waals surface area contributed by atoms with Crippen molar-refractivity contribution < 1.29 is 20.1 Å². The van der Waals surface area contributed by atoms with Crippen molar-refractivity contribution in [3.05, 3.63) is 35.9 Å². The summed E-state index contributed by atoms with van der Waals surface area (Å²) in [6, 6.07) is 9.76. The van der Waals surface area contributed by atoms with Crippen LogP contribution in [0.2, 0.25) is 0 Å². The maximum atomic E-state index is 8.79. The SMILES string of the molecule is CC(O)CO.CC(O)OCc1ccccc1. The first-order valence-corrected chi connectivity index (χ1v) is 5.18. The van der Waals surface area contributed by atoms with Gasteiger partial charge in [-0.1, -0.05) is 30.3 Å². The highest BCUT2D eigenvalue weighted by Gasteiger charge is 1.94. The minimum Gasteiger partial charge on any atom is -0.394 e. The van der Waals surface area contributed by atoms with Gasteiger partial charge in [-0.05, 0) is 19.4 Å². The van der Waals surface area contributed by atoms with Gasteiger partial charge in [0.15, 0.2) is 6.29 Å². The number of hydrogen-bond donors (Lipinski definition) is 3. The fraction of sp³-hybridized carbons (Fsp3) is 0.500. The molecule has 0 fully saturated rings. The molecule has 1 rings (SSSR count). The number of rotatable bonds is 4. The normalized spacial score (nSPS) is 13.6. The highest BCUT2D eigenvalue weighted by molar-refractivity contribution is 5.13. The highest BCUT2D eigenvalue weighted by atomic mass is 16.6. The molecule has 4 heteroatoms. The monoisotopic (exact) mass is 228 g/mol. The maximum absolute atomic E-state index is 8.79. The molecule has 0 amide bonds. The van der Waals surface area contributed by atoms with E-state index in [0.29, 0.717) is 6.61 Å². The van der Waals surface area contributed by atoms with E-state index in [0.717, 1.165) is 5.56 Å². The molecule has 16 heavy (non-hydrogen) atoms. The van der Waals surface area contributed by atoms with Gasteiger partial charge in [-0.3, -0.25) is 0 Å². The van der Waals surface area contributed by atoms with Gasteiger partial charge in [-0.2, -0.15) is 0 Å². The average molecular weight is 228 g/mol. The van der Waals surface area contributed by atoms with Crippen molar-refractivity contribution in [3.8, 4) is 0 Å². The van der Waals surface area contributed by atoms with Crippen LogP contribution in [0.15, 0.2) is 30.3 Å². The van der Waals surface area contributed by atoms with Crippen LogP contribution in [-0.2, 0) is 11.3 Å². The smallest absolute Gasteiger partial charge is 0.152 e. The molecule has 2 atom stereocenters. The van der Waals surface area contributed by atoms with Gasteiger partial charge in [-0.15, -0.1) is 0 Å². The molecule has 0 aromatic heterocycles. The lowest BCUT2D eigenvalue weighted by Gasteiger charge is -2.05. The van der Waals surface area contributed by atoms with Crippen LogP contribution in [0.3, 0.4) is 0 Å². The summed E-state index contributed by atoms with van der Waals surface area (Å²) in [4.78, 5) is 0. The minimum atomic E-state index is -0.685. The van der Waals surface area contributed by atoms with Crippen LogP contribution in [0.5, 0.6) is 0 Å². The van der Waals surface area contributed by atoms with Crippen LogP contribution in [0.4, 0.5) is 0 Å². The first-order chi connectivity index (χ1) is 7.56. The molecule has 0 saturated heterocycles. The first-order valence-electron chi connectivity index (χ1n) is 5.18. The maximum Gasteiger partial charge on any atom is 0.152 e. The molecule has 0 saturated carbocycles. The second-order valence-corrected chi connectivity index (χ2v) is 3.43. The van der Waals surface area contributed by atoms with Gasteiger partial charge in [0.2, 0.25) is 0 Å². The second-order valence-electron chi connectivity index (χ2n) is 3.43. The minimum absolute atomic E-state index is 0.139. The van der Waals surface area contributed by atoms with Crippen LogP contribution in [0.1, 0.15) is 19.4 Å². The molecule has 0 aliphatic rings. The van der Waals surface area contributed by atoms with E-state index in [4.69, 9.17) is 20.1 Å². The summed E-state index contributed by atoms with van der Waals surface area (Å²) in [7, 11) is 0. The third-order valence-electron chi connectivity index (χ3n) is 1.60. The van der Waals surface area contributed by atoms with Gasteiger partial charge in [0, 0.05) is 0 Å². The summed E-state index contributed by atoms with van der Waals surface area (Å²) in [5.74, 6) is 0. The summed E-state index contributed by atoms with van der Waals surface area (Å²) in [5.41, 5.74) is 1.08. The zero-order valence-corrected chi connectivity index (χ0v) is 9.71. The lowest BCUT2D eigenvalue weighted by atomic mass is 10.2. The summed E-state index contributed by atoms with van der Waals surface area (Å²) in [6.07, 6.45) is -1.25. The average Bonchev–Trinajstić information content (AvgIpc) is 2.28. The van der Waals surface area contributed by atoms with Crippen molar-refractivity contribution in [2.75, 3.05) is 6.61 Å². The predicted molar refractivity (Wildman–Crippen MR) is 61.7 cm³/mol. The van der Waals surface area contributed by atoms with Crippen molar-refractivity contribution in [1.29, 1.82) is 0 Å².